The van der Waals surface area contributed by atoms with Gasteiger partial charge >= 0.3 is 5.97 Å². The highest BCUT2D eigenvalue weighted by Gasteiger charge is 2.30. The van der Waals surface area contributed by atoms with E-state index < -0.39 is 5.97 Å². The molecule has 1 amide bonds. The minimum Gasteiger partial charge on any atom is -0.490 e. The Morgan fingerprint density at radius 3 is 2.18 bits per heavy atom. The Balaban J connectivity index is 1.35. The number of nitrogens with zero attached hydrogens (tertiary/aromatic N) is 2. The number of amides is 1. The monoisotopic (exact) mass is 544 g/mol. The third-order valence-corrected chi connectivity index (χ3v) is 7.30. The van der Waals surface area contributed by atoms with E-state index in [1.807, 2.05) is 54.6 Å². The number of carbonyl (C=O) groups excluding carboxylic acids is 1. The molecule has 0 aromatic heterocycles. The summed E-state index contributed by atoms with van der Waals surface area (Å²) in [5, 5.41) is 9.48. The highest BCUT2D eigenvalue weighted by Crippen LogP contribution is 2.33. The molecular weight excluding hydrogens is 512 g/mol. The van der Waals surface area contributed by atoms with Crippen molar-refractivity contribution in [2.45, 2.75) is 45.8 Å². The molecule has 1 fully saturated rings. The van der Waals surface area contributed by atoms with Crippen LogP contribution in [0.4, 0.5) is 5.69 Å². The number of benzene rings is 3. The molecule has 39 heavy (non-hydrogen) atoms. The first-order chi connectivity index (χ1) is 18.8. The van der Waals surface area contributed by atoms with E-state index >= 15 is 0 Å². The van der Waals surface area contributed by atoms with Gasteiger partial charge in [-0.2, -0.15) is 0 Å². The number of likely N-dealkylation sites (N-methyl/N-ethyl adjacent to an activating group) is 1. The molecule has 0 saturated carbocycles. The van der Waals surface area contributed by atoms with Crippen molar-refractivity contribution < 1.29 is 24.2 Å². The molecule has 0 atom stereocenters. The van der Waals surface area contributed by atoms with Gasteiger partial charge < -0.3 is 14.6 Å². The zero-order valence-electron chi connectivity index (χ0n) is 22.3. The second kappa shape index (κ2) is 13.2. The second-order valence-electron chi connectivity index (χ2n) is 9.16. The van der Waals surface area contributed by atoms with Crippen LogP contribution in [0.2, 0.25) is 0 Å². The van der Waals surface area contributed by atoms with Gasteiger partial charge in [-0.05, 0) is 83.8 Å². The zero-order valence-corrected chi connectivity index (χ0v) is 23.1. The number of thioether (sulfide) groups is 1. The minimum atomic E-state index is -0.881. The van der Waals surface area contributed by atoms with Crippen molar-refractivity contribution in [2.75, 3.05) is 7.05 Å². The maximum atomic E-state index is 12.8. The molecule has 3 aromatic carbocycles. The highest BCUT2D eigenvalue weighted by atomic mass is 32.2. The van der Waals surface area contributed by atoms with Gasteiger partial charge in [-0.1, -0.05) is 50.2 Å². The summed E-state index contributed by atoms with van der Waals surface area (Å²) >= 11 is 1.30. The van der Waals surface area contributed by atoms with E-state index in [1.54, 1.807) is 31.3 Å². The van der Waals surface area contributed by atoms with Crippen LogP contribution in [0.5, 0.6) is 11.5 Å². The first kappa shape index (κ1) is 28.0. The summed E-state index contributed by atoms with van der Waals surface area (Å²) in [6, 6.07) is 22.6. The molecule has 0 spiro atoms. The molecule has 0 unspecified atom stereocenters. The molecule has 3 aromatic rings. The molecule has 1 saturated heterocycles. The minimum absolute atomic E-state index is 0.0399. The third-order valence-electron chi connectivity index (χ3n) is 6.24. The van der Waals surface area contributed by atoms with Crippen LogP contribution in [-0.4, -0.2) is 40.2 Å². The molecule has 1 aliphatic heterocycles. The Labute approximate surface area is 233 Å². The predicted molar refractivity (Wildman–Crippen MR) is 155 cm³/mol. The summed E-state index contributed by atoms with van der Waals surface area (Å²) < 4.78 is 11.9. The van der Waals surface area contributed by atoms with E-state index in [4.69, 9.17) is 14.6 Å². The molecule has 1 heterocycles. The maximum Gasteiger partial charge on any atom is 0.307 e. The number of ether oxygens (including phenoxy) is 2. The van der Waals surface area contributed by atoms with Gasteiger partial charge in [0.1, 0.15) is 18.1 Å². The van der Waals surface area contributed by atoms with Crippen LogP contribution in [0, 0.1) is 0 Å². The smallest absolute Gasteiger partial charge is 0.307 e. The topological polar surface area (TPSA) is 88.4 Å². The Morgan fingerprint density at radius 2 is 1.56 bits per heavy atom. The van der Waals surface area contributed by atoms with Crippen LogP contribution in [-0.2, 0) is 22.6 Å². The Bertz CT molecular complexity index is 1350. The lowest BCUT2D eigenvalue weighted by molar-refractivity contribution is -0.136. The summed E-state index contributed by atoms with van der Waals surface area (Å²) in [4.78, 5) is 30.3. The Hall–Kier alpha value is -4.04. The molecule has 8 heteroatoms. The van der Waals surface area contributed by atoms with Crippen molar-refractivity contribution >= 4 is 40.6 Å². The van der Waals surface area contributed by atoms with Crippen molar-refractivity contribution in [3.8, 4) is 11.5 Å². The fourth-order valence-corrected chi connectivity index (χ4v) is 4.90. The number of rotatable bonds is 11. The van der Waals surface area contributed by atoms with Gasteiger partial charge in [-0.25, -0.2) is 4.99 Å². The van der Waals surface area contributed by atoms with E-state index in [0.717, 1.165) is 35.5 Å². The van der Waals surface area contributed by atoms with Gasteiger partial charge in [-0.15, -0.1) is 0 Å². The van der Waals surface area contributed by atoms with Crippen LogP contribution in [0.1, 0.15) is 43.4 Å². The van der Waals surface area contributed by atoms with Gasteiger partial charge in [0, 0.05) is 7.05 Å². The Kier molecular flexibility index (Phi) is 9.44. The first-order valence-corrected chi connectivity index (χ1v) is 13.7. The predicted octanol–water partition coefficient (Wildman–Crippen LogP) is 6.69. The lowest BCUT2D eigenvalue weighted by atomic mass is 10.1. The highest BCUT2D eigenvalue weighted by molar-refractivity contribution is 8.18. The Morgan fingerprint density at radius 1 is 0.949 bits per heavy atom. The van der Waals surface area contributed by atoms with Gasteiger partial charge in [0.25, 0.3) is 5.91 Å². The van der Waals surface area contributed by atoms with Gasteiger partial charge in [0.2, 0.25) is 0 Å². The normalized spacial score (nSPS) is 15.4. The van der Waals surface area contributed by atoms with Crippen LogP contribution >= 0.6 is 11.8 Å². The van der Waals surface area contributed by atoms with Crippen LogP contribution in [0.15, 0.2) is 82.7 Å². The molecular formula is C31H32N2O5S. The van der Waals surface area contributed by atoms with Gasteiger partial charge in [-0.3, -0.25) is 14.5 Å². The zero-order chi connectivity index (χ0) is 27.8. The number of aliphatic carboxylic acids is 1. The average molecular weight is 545 g/mol. The van der Waals surface area contributed by atoms with E-state index in [1.165, 1.54) is 16.7 Å². The summed E-state index contributed by atoms with van der Waals surface area (Å²) in [6.07, 6.45) is 4.00. The van der Waals surface area contributed by atoms with Crippen molar-refractivity contribution in [1.82, 2.24) is 4.90 Å². The van der Waals surface area contributed by atoms with Crippen molar-refractivity contribution in [1.29, 1.82) is 0 Å². The molecule has 1 N–H and O–H groups in total. The molecule has 202 valence electrons. The number of amidine groups is 1. The van der Waals surface area contributed by atoms with Crippen LogP contribution in [0.25, 0.3) is 6.08 Å². The molecule has 7 nitrogen and oxygen atoms in total. The quantitative estimate of drug-likeness (QED) is 0.271. The number of carboxylic acid groups (broad SMARTS) is 1. The van der Waals surface area contributed by atoms with Crippen molar-refractivity contribution in [2.24, 2.45) is 4.99 Å². The first-order valence-electron chi connectivity index (χ1n) is 12.9. The van der Waals surface area contributed by atoms with E-state index in [0.29, 0.717) is 27.9 Å². The number of carbonyl (C=O) groups is 2. The number of carboxylic acids is 1. The van der Waals surface area contributed by atoms with Gasteiger partial charge in [0.05, 0.1) is 23.1 Å². The number of aliphatic imine (C=N–C) groups is 1. The lowest BCUT2D eigenvalue weighted by Crippen LogP contribution is -2.23. The van der Waals surface area contributed by atoms with E-state index in [-0.39, 0.29) is 18.4 Å². The standard InChI is InChI=1S/C31H32N2O5S/c1-4-25(5-2)38-27-16-10-23(11-17-27)20-37-26-14-8-21(9-15-26)18-28-30(36)33(3)31(39-28)32-24-12-6-22(7-13-24)19-29(34)35/h6-18,25H,4-5,19-20H2,1-3H3,(H,34,35). The van der Waals surface area contributed by atoms with Crippen molar-refractivity contribution in [3.63, 3.8) is 0 Å². The fraction of sp³-hybridized carbons (Fsp3) is 0.258. The summed E-state index contributed by atoms with van der Waals surface area (Å²) in [5.74, 6) is 0.605. The molecule has 0 radical (unpaired) electrons. The lowest BCUT2D eigenvalue weighted by Gasteiger charge is -2.15. The maximum absolute atomic E-state index is 12.8. The molecule has 1 aliphatic rings. The molecule has 4 rings (SSSR count). The largest absolute Gasteiger partial charge is 0.490 e. The van der Waals surface area contributed by atoms with E-state index in [2.05, 4.69) is 18.8 Å². The van der Waals surface area contributed by atoms with Gasteiger partial charge in [0.15, 0.2) is 5.17 Å². The second-order valence-corrected chi connectivity index (χ2v) is 10.2. The van der Waals surface area contributed by atoms with Crippen LogP contribution in [0.3, 0.4) is 0 Å². The van der Waals surface area contributed by atoms with E-state index in [9.17, 15) is 9.59 Å². The molecule has 0 bridgehead atoms. The average Bonchev–Trinajstić information content (AvgIpc) is 3.20. The molecule has 0 aliphatic carbocycles. The third kappa shape index (κ3) is 7.74. The fourth-order valence-electron chi connectivity index (χ4n) is 3.92. The van der Waals surface area contributed by atoms with Crippen LogP contribution < -0.4 is 9.47 Å². The van der Waals surface area contributed by atoms with Crippen molar-refractivity contribution in [3.05, 3.63) is 94.4 Å². The number of hydrogen-bond acceptors (Lipinski definition) is 6. The SMILES string of the molecule is CCC(CC)Oc1ccc(COc2ccc(C=C3SC(=Nc4ccc(CC(=O)O)cc4)N(C)C3=O)cc2)cc1. The summed E-state index contributed by atoms with van der Waals surface area (Å²) in [5.41, 5.74) is 3.29. The summed E-state index contributed by atoms with van der Waals surface area (Å²) in [6.45, 7) is 4.70. The number of hydrogen-bond donors (Lipinski definition) is 1. The summed E-state index contributed by atoms with van der Waals surface area (Å²) in [7, 11) is 1.69.